The van der Waals surface area contributed by atoms with E-state index in [-0.39, 0.29) is 23.6 Å². The van der Waals surface area contributed by atoms with Crippen molar-refractivity contribution in [3.05, 3.63) is 10.6 Å². The summed E-state index contributed by atoms with van der Waals surface area (Å²) in [6.07, 6.45) is 2.53. The summed E-state index contributed by atoms with van der Waals surface area (Å²) >= 11 is 1.61. The van der Waals surface area contributed by atoms with E-state index in [0.29, 0.717) is 17.2 Å². The second kappa shape index (κ2) is 7.15. The summed E-state index contributed by atoms with van der Waals surface area (Å²) < 4.78 is 0. The Kier molecular flexibility index (Phi) is 5.08. The van der Waals surface area contributed by atoms with Crippen molar-refractivity contribution >= 4 is 29.4 Å². The van der Waals surface area contributed by atoms with Gasteiger partial charge in [-0.25, -0.2) is 4.79 Å². The molecule has 154 valence electrons. The van der Waals surface area contributed by atoms with Gasteiger partial charge in [-0.05, 0) is 39.0 Å². The Bertz CT molecular complexity index is 746. The van der Waals surface area contributed by atoms with E-state index in [2.05, 4.69) is 4.90 Å². The molecule has 1 aliphatic carbocycles. The van der Waals surface area contributed by atoms with Crippen molar-refractivity contribution in [1.29, 1.82) is 5.41 Å². The second-order valence-electron chi connectivity index (χ2n) is 8.81. The van der Waals surface area contributed by atoms with Crippen molar-refractivity contribution in [2.75, 3.05) is 13.1 Å². The van der Waals surface area contributed by atoms with Crippen LogP contribution >= 0.6 is 11.8 Å². The molecule has 3 fully saturated rings. The number of nitrogens with zero attached hydrogens (tertiary/aromatic N) is 2. The predicted molar refractivity (Wildman–Crippen MR) is 107 cm³/mol. The average molecular weight is 408 g/mol. The summed E-state index contributed by atoms with van der Waals surface area (Å²) in [6.45, 7) is 7.34. The van der Waals surface area contributed by atoms with Gasteiger partial charge < -0.3 is 20.5 Å². The van der Waals surface area contributed by atoms with E-state index in [1.54, 1.807) is 18.7 Å². The summed E-state index contributed by atoms with van der Waals surface area (Å²) in [6, 6.07) is 0.306. The van der Waals surface area contributed by atoms with E-state index in [1.165, 1.54) is 4.90 Å². The third-order valence-electron chi connectivity index (χ3n) is 7.01. The first kappa shape index (κ1) is 19.9. The molecule has 0 bridgehead atoms. The molecule has 4 rings (SSSR count). The number of carbonyl (C=O) groups excluding carboxylic acids is 1. The van der Waals surface area contributed by atoms with Gasteiger partial charge in [-0.2, -0.15) is 0 Å². The first-order valence-corrected chi connectivity index (χ1v) is 11.0. The number of carbonyl (C=O) groups is 2. The molecule has 4 aliphatic rings. The number of hydrogen-bond acceptors (Lipinski definition) is 6. The van der Waals surface area contributed by atoms with Crippen LogP contribution in [-0.4, -0.2) is 74.1 Å². The Morgan fingerprint density at radius 1 is 1.32 bits per heavy atom. The minimum Gasteiger partial charge on any atom is -0.477 e. The lowest BCUT2D eigenvalue weighted by Gasteiger charge is -2.46. The fourth-order valence-electron chi connectivity index (χ4n) is 5.38. The molecule has 2 saturated heterocycles. The highest BCUT2D eigenvalue weighted by Gasteiger charge is 2.60. The molecule has 0 aromatic heterocycles. The molecule has 3 N–H and O–H groups in total. The Balaban J connectivity index is 1.41. The van der Waals surface area contributed by atoms with Gasteiger partial charge in [-0.1, -0.05) is 6.92 Å². The Hall–Kier alpha value is -1.38. The van der Waals surface area contributed by atoms with Crippen molar-refractivity contribution in [1.82, 2.24) is 9.80 Å². The van der Waals surface area contributed by atoms with Gasteiger partial charge in [-0.15, -0.1) is 11.8 Å². The van der Waals surface area contributed by atoms with Crippen molar-refractivity contribution in [3.63, 3.8) is 0 Å². The number of hydrogen-bond donors (Lipinski definition) is 3. The maximum atomic E-state index is 12.4. The third kappa shape index (κ3) is 3.00. The van der Waals surface area contributed by atoms with Crippen LogP contribution in [-0.2, 0) is 9.59 Å². The molecule has 8 heteroatoms. The number of amides is 1. The van der Waals surface area contributed by atoms with E-state index >= 15 is 0 Å². The van der Waals surface area contributed by atoms with Crippen LogP contribution in [0.15, 0.2) is 10.6 Å². The van der Waals surface area contributed by atoms with E-state index < -0.39 is 18.0 Å². The maximum absolute atomic E-state index is 12.4. The second-order valence-corrected chi connectivity index (χ2v) is 10.2. The molecule has 3 aliphatic heterocycles. The normalized spacial score (nSPS) is 36.9. The van der Waals surface area contributed by atoms with E-state index in [0.717, 1.165) is 43.0 Å². The largest absolute Gasteiger partial charge is 0.477 e. The highest BCUT2D eigenvalue weighted by Crippen LogP contribution is 2.52. The monoisotopic (exact) mass is 407 g/mol. The van der Waals surface area contributed by atoms with Crippen LogP contribution in [0.5, 0.6) is 0 Å². The van der Waals surface area contributed by atoms with Crippen LogP contribution in [0, 0.1) is 23.2 Å². The molecule has 0 aromatic carbocycles. The number of rotatable bonds is 6. The van der Waals surface area contributed by atoms with Crippen LogP contribution < -0.4 is 0 Å². The van der Waals surface area contributed by atoms with Gasteiger partial charge in [0.25, 0.3) is 0 Å². The van der Waals surface area contributed by atoms with E-state index in [9.17, 15) is 19.8 Å². The van der Waals surface area contributed by atoms with E-state index in [1.807, 2.05) is 13.8 Å². The fourth-order valence-corrected chi connectivity index (χ4v) is 6.93. The predicted octanol–water partition coefficient (Wildman–Crippen LogP) is 1.77. The summed E-state index contributed by atoms with van der Waals surface area (Å²) in [5.41, 5.74) is 0.912. The minimum atomic E-state index is -1.05. The molecule has 7 nitrogen and oxygen atoms in total. The van der Waals surface area contributed by atoms with Crippen LogP contribution in [0.2, 0.25) is 0 Å². The van der Waals surface area contributed by atoms with Crippen LogP contribution in [0.3, 0.4) is 0 Å². The Labute approximate surface area is 169 Å². The topological polar surface area (TPSA) is 105 Å². The molecule has 0 radical (unpaired) electrons. The number of nitrogens with one attached hydrogen (secondary N) is 1. The summed E-state index contributed by atoms with van der Waals surface area (Å²) in [4.78, 5) is 28.9. The van der Waals surface area contributed by atoms with Gasteiger partial charge in [-0.3, -0.25) is 9.69 Å². The summed E-state index contributed by atoms with van der Waals surface area (Å²) in [5.74, 6) is -1.46. The number of aliphatic hydroxyl groups excluding tert-OH is 1. The van der Waals surface area contributed by atoms with Gasteiger partial charge in [0.2, 0.25) is 5.91 Å². The standard InChI is InChI=1S/C20H29N3O4S/c1-9-16-15(11(3)24)19(25)23(16)17(20(26)27)18(9)28-14-7-22(8-14)13-5-4-12(6-13)10(2)21/h9,11-16,21,24H,4-8H2,1-3H3,(H,26,27)/t9-,11-,12+,13-,15-,16-/m1/s1. The maximum Gasteiger partial charge on any atom is 0.353 e. The molecular formula is C20H29N3O4S. The van der Waals surface area contributed by atoms with Crippen molar-refractivity contribution in [2.45, 2.75) is 63.5 Å². The third-order valence-corrected chi connectivity index (χ3v) is 8.47. The van der Waals surface area contributed by atoms with Crippen LogP contribution in [0.4, 0.5) is 0 Å². The average Bonchev–Trinajstić information content (AvgIpc) is 3.13. The Morgan fingerprint density at radius 3 is 2.54 bits per heavy atom. The van der Waals surface area contributed by atoms with Crippen molar-refractivity contribution < 1.29 is 19.8 Å². The van der Waals surface area contributed by atoms with Gasteiger partial charge in [0.1, 0.15) is 5.70 Å². The lowest BCUT2D eigenvalue weighted by atomic mass is 9.79. The lowest BCUT2D eigenvalue weighted by Crippen LogP contribution is -2.63. The smallest absolute Gasteiger partial charge is 0.353 e. The summed E-state index contributed by atoms with van der Waals surface area (Å²) in [5, 5.41) is 27.8. The number of fused-ring (bicyclic) bond motifs is 1. The Morgan fingerprint density at radius 2 is 2.00 bits per heavy atom. The highest BCUT2D eigenvalue weighted by molar-refractivity contribution is 8.03. The lowest BCUT2D eigenvalue weighted by molar-refractivity contribution is -0.163. The molecule has 0 unspecified atom stereocenters. The molecule has 28 heavy (non-hydrogen) atoms. The highest BCUT2D eigenvalue weighted by atomic mass is 32.2. The summed E-state index contributed by atoms with van der Waals surface area (Å²) in [7, 11) is 0. The number of β-lactam (4-membered cyclic amide) rings is 1. The van der Waals surface area contributed by atoms with Gasteiger partial charge in [0.15, 0.2) is 0 Å². The molecule has 3 heterocycles. The number of carboxylic acid groups (broad SMARTS) is 1. The first-order chi connectivity index (χ1) is 13.2. The zero-order chi connectivity index (χ0) is 20.3. The molecular weight excluding hydrogens is 378 g/mol. The first-order valence-electron chi connectivity index (χ1n) is 10.1. The van der Waals surface area contributed by atoms with Gasteiger partial charge in [0.05, 0.1) is 18.1 Å². The van der Waals surface area contributed by atoms with Gasteiger partial charge >= 0.3 is 5.97 Å². The quantitative estimate of drug-likeness (QED) is 0.458. The number of likely N-dealkylation sites (tertiary alicyclic amines) is 1. The van der Waals surface area contributed by atoms with Crippen molar-refractivity contribution in [2.24, 2.45) is 17.8 Å². The van der Waals surface area contributed by atoms with E-state index in [4.69, 9.17) is 5.41 Å². The minimum absolute atomic E-state index is 0.0566. The molecule has 6 atom stereocenters. The number of aliphatic hydroxyl groups is 1. The number of carboxylic acids is 1. The molecule has 0 spiro atoms. The number of thioether (sulfide) groups is 1. The van der Waals surface area contributed by atoms with Crippen LogP contribution in [0.1, 0.15) is 40.0 Å². The number of aliphatic carboxylic acids is 1. The zero-order valence-electron chi connectivity index (χ0n) is 16.6. The fraction of sp³-hybridized carbons (Fsp3) is 0.750. The van der Waals surface area contributed by atoms with Gasteiger partial charge in [0, 0.05) is 40.9 Å². The van der Waals surface area contributed by atoms with Crippen molar-refractivity contribution in [3.8, 4) is 0 Å². The molecule has 1 amide bonds. The molecule has 0 aromatic rings. The van der Waals surface area contributed by atoms with Crippen LogP contribution in [0.25, 0.3) is 0 Å². The molecule has 1 saturated carbocycles. The zero-order valence-corrected chi connectivity index (χ0v) is 17.4. The SMILES string of the molecule is CC(=N)[C@H]1CC[C@@H](N2CC(SC3=C(C(=O)O)N4C(=O)[C@H]([C@@H](C)O)[C@H]4[C@H]3C)C2)C1.